The molecule has 0 bridgehead atoms. The summed E-state index contributed by atoms with van der Waals surface area (Å²) in [6.45, 7) is 5.82. The van der Waals surface area contributed by atoms with Crippen LogP contribution in [0.25, 0.3) is 0 Å². The summed E-state index contributed by atoms with van der Waals surface area (Å²) in [5.41, 5.74) is 0. The largest absolute Gasteiger partial charge is 0.393 e. The summed E-state index contributed by atoms with van der Waals surface area (Å²) in [5, 5.41) is 16.5. The van der Waals surface area contributed by atoms with E-state index in [1.807, 2.05) is 7.05 Å². The lowest BCUT2D eigenvalue weighted by Crippen LogP contribution is -2.48. The third-order valence-electron chi connectivity index (χ3n) is 5.03. The van der Waals surface area contributed by atoms with Gasteiger partial charge in [0.15, 0.2) is 0 Å². The molecule has 1 aliphatic heterocycles. The highest BCUT2D eigenvalue weighted by molar-refractivity contribution is 4.80. The Kier molecular flexibility index (Phi) is 7.28. The van der Waals surface area contributed by atoms with E-state index in [-0.39, 0.29) is 6.10 Å². The average Bonchev–Trinajstić information content (AvgIpc) is 2.48. The van der Waals surface area contributed by atoms with Crippen molar-refractivity contribution in [3.63, 3.8) is 0 Å². The van der Waals surface area contributed by atoms with Gasteiger partial charge in [-0.2, -0.15) is 0 Å². The van der Waals surface area contributed by atoms with Gasteiger partial charge >= 0.3 is 0 Å². The van der Waals surface area contributed by atoms with Gasteiger partial charge in [-0.3, -0.25) is 4.90 Å². The molecular weight excluding hydrogens is 250 g/mol. The Morgan fingerprint density at radius 3 is 2.60 bits per heavy atom. The normalized spacial score (nSPS) is 32.4. The highest BCUT2D eigenvalue weighted by atomic mass is 16.3. The van der Waals surface area contributed by atoms with Crippen LogP contribution < -0.4 is 10.6 Å². The molecule has 4 nitrogen and oxygen atoms in total. The van der Waals surface area contributed by atoms with Gasteiger partial charge in [0.2, 0.25) is 0 Å². The molecule has 4 heteroatoms. The second-order valence-electron chi connectivity index (χ2n) is 6.62. The number of rotatable bonds is 7. The molecule has 0 amide bonds. The molecule has 2 aliphatic rings. The van der Waals surface area contributed by atoms with Crippen molar-refractivity contribution < 1.29 is 5.11 Å². The van der Waals surface area contributed by atoms with E-state index in [4.69, 9.17) is 0 Å². The maximum Gasteiger partial charge on any atom is 0.0540 e. The minimum absolute atomic E-state index is 0.0263. The van der Waals surface area contributed by atoms with Crippen molar-refractivity contribution in [2.24, 2.45) is 5.92 Å². The summed E-state index contributed by atoms with van der Waals surface area (Å²) in [4.78, 5) is 2.65. The molecule has 0 aromatic heterocycles. The smallest absolute Gasteiger partial charge is 0.0540 e. The van der Waals surface area contributed by atoms with Crippen molar-refractivity contribution in [3.05, 3.63) is 0 Å². The van der Waals surface area contributed by atoms with E-state index < -0.39 is 0 Å². The Morgan fingerprint density at radius 1 is 1.05 bits per heavy atom. The van der Waals surface area contributed by atoms with Crippen LogP contribution in [0.4, 0.5) is 0 Å². The van der Waals surface area contributed by atoms with E-state index in [1.165, 1.54) is 45.2 Å². The molecule has 0 radical (unpaired) electrons. The highest BCUT2D eigenvalue weighted by Gasteiger charge is 2.23. The molecule has 3 N–H and O–H groups in total. The summed E-state index contributed by atoms with van der Waals surface area (Å²) >= 11 is 0. The Hall–Kier alpha value is -0.160. The van der Waals surface area contributed by atoms with Crippen molar-refractivity contribution in [1.29, 1.82) is 0 Å². The van der Waals surface area contributed by atoms with Crippen LogP contribution in [-0.4, -0.2) is 61.9 Å². The number of aliphatic hydroxyl groups is 1. The van der Waals surface area contributed by atoms with Crippen LogP contribution in [0.15, 0.2) is 0 Å². The molecule has 0 spiro atoms. The summed E-state index contributed by atoms with van der Waals surface area (Å²) < 4.78 is 0. The molecule has 1 unspecified atom stereocenters. The molecular formula is C16H33N3O. The highest BCUT2D eigenvalue weighted by Crippen LogP contribution is 2.23. The third kappa shape index (κ3) is 5.32. The third-order valence-corrected chi connectivity index (χ3v) is 5.03. The number of hydrogen-bond donors (Lipinski definition) is 3. The Labute approximate surface area is 124 Å². The fraction of sp³-hybridized carbons (Fsp3) is 1.00. The van der Waals surface area contributed by atoms with Crippen LogP contribution >= 0.6 is 0 Å². The molecule has 1 saturated heterocycles. The predicted molar refractivity (Wildman–Crippen MR) is 84.0 cm³/mol. The van der Waals surface area contributed by atoms with E-state index in [9.17, 15) is 5.11 Å². The molecule has 2 rings (SSSR count). The van der Waals surface area contributed by atoms with Crippen LogP contribution in [0.2, 0.25) is 0 Å². The monoisotopic (exact) mass is 283 g/mol. The van der Waals surface area contributed by atoms with Gasteiger partial charge in [0, 0.05) is 25.7 Å². The summed E-state index contributed by atoms with van der Waals surface area (Å²) in [6.07, 6.45) is 8.47. The molecule has 0 aromatic rings. The first-order valence-corrected chi connectivity index (χ1v) is 8.57. The zero-order valence-corrected chi connectivity index (χ0v) is 13.1. The molecule has 0 aromatic carbocycles. The number of likely N-dealkylation sites (tertiary alicyclic amines) is 1. The van der Waals surface area contributed by atoms with Crippen molar-refractivity contribution in [3.8, 4) is 0 Å². The van der Waals surface area contributed by atoms with Crippen molar-refractivity contribution in [2.45, 2.75) is 57.1 Å². The summed E-state index contributed by atoms with van der Waals surface area (Å²) in [7, 11) is 2.04. The lowest BCUT2D eigenvalue weighted by Gasteiger charge is -2.36. The molecule has 1 aliphatic carbocycles. The van der Waals surface area contributed by atoms with Crippen LogP contribution in [-0.2, 0) is 0 Å². The van der Waals surface area contributed by atoms with Gasteiger partial charge in [0.05, 0.1) is 6.10 Å². The van der Waals surface area contributed by atoms with Gasteiger partial charge in [0.1, 0.15) is 0 Å². The van der Waals surface area contributed by atoms with Gasteiger partial charge in [0.25, 0.3) is 0 Å². The molecule has 2 fully saturated rings. The minimum Gasteiger partial charge on any atom is -0.393 e. The predicted octanol–water partition coefficient (Wildman–Crippen LogP) is 1.20. The number of hydrogen-bond acceptors (Lipinski definition) is 4. The minimum atomic E-state index is -0.0263. The first kappa shape index (κ1) is 16.2. The SMILES string of the molecule is CNCCN1CCCCC1CNC[C@H]1CC[C@H](O)CC1. The van der Waals surface area contributed by atoms with E-state index in [0.29, 0.717) is 0 Å². The van der Waals surface area contributed by atoms with Crippen LogP contribution in [0, 0.1) is 5.92 Å². The van der Waals surface area contributed by atoms with Crippen molar-refractivity contribution in [1.82, 2.24) is 15.5 Å². The maximum atomic E-state index is 9.54. The number of aliphatic hydroxyl groups excluding tert-OH is 1. The van der Waals surface area contributed by atoms with E-state index in [0.717, 1.165) is 44.4 Å². The molecule has 1 saturated carbocycles. The Bertz CT molecular complexity index is 254. The first-order valence-electron chi connectivity index (χ1n) is 8.57. The molecule has 20 heavy (non-hydrogen) atoms. The standard InChI is InChI=1S/C16H33N3O/c1-17-9-11-19-10-3-2-4-15(19)13-18-12-14-5-7-16(20)8-6-14/h14-18,20H,2-13H2,1H3/t14-,15?,16-. The Balaban J connectivity index is 1.63. The van der Waals surface area contributed by atoms with Gasteiger partial charge in [-0.1, -0.05) is 6.42 Å². The number of nitrogens with zero attached hydrogens (tertiary/aromatic N) is 1. The number of likely N-dealkylation sites (N-methyl/N-ethyl adjacent to an activating group) is 1. The average molecular weight is 283 g/mol. The van der Waals surface area contributed by atoms with Crippen molar-refractivity contribution in [2.75, 3.05) is 39.8 Å². The zero-order chi connectivity index (χ0) is 14.2. The Morgan fingerprint density at radius 2 is 1.85 bits per heavy atom. The maximum absolute atomic E-state index is 9.54. The van der Waals surface area contributed by atoms with Crippen molar-refractivity contribution >= 4 is 0 Å². The van der Waals surface area contributed by atoms with Gasteiger partial charge in [-0.15, -0.1) is 0 Å². The molecule has 118 valence electrons. The molecule has 1 heterocycles. The van der Waals surface area contributed by atoms with Gasteiger partial charge in [-0.25, -0.2) is 0 Å². The van der Waals surface area contributed by atoms with E-state index >= 15 is 0 Å². The van der Waals surface area contributed by atoms with Gasteiger partial charge < -0.3 is 15.7 Å². The first-order chi connectivity index (χ1) is 9.79. The second-order valence-corrected chi connectivity index (χ2v) is 6.62. The fourth-order valence-corrected chi connectivity index (χ4v) is 3.64. The van der Waals surface area contributed by atoms with Crippen LogP contribution in [0.1, 0.15) is 44.9 Å². The van der Waals surface area contributed by atoms with E-state index in [1.54, 1.807) is 0 Å². The zero-order valence-electron chi connectivity index (χ0n) is 13.1. The second kappa shape index (κ2) is 8.98. The fourth-order valence-electron chi connectivity index (χ4n) is 3.64. The number of nitrogens with one attached hydrogen (secondary N) is 2. The van der Waals surface area contributed by atoms with E-state index in [2.05, 4.69) is 15.5 Å². The number of piperidine rings is 1. The molecule has 1 atom stereocenters. The summed E-state index contributed by atoms with van der Waals surface area (Å²) in [6, 6.07) is 0.728. The topological polar surface area (TPSA) is 47.5 Å². The van der Waals surface area contributed by atoms with Crippen LogP contribution in [0.3, 0.4) is 0 Å². The quantitative estimate of drug-likeness (QED) is 0.657. The van der Waals surface area contributed by atoms with Crippen LogP contribution in [0.5, 0.6) is 0 Å². The lowest BCUT2D eigenvalue weighted by molar-refractivity contribution is 0.105. The lowest BCUT2D eigenvalue weighted by atomic mass is 9.87. The van der Waals surface area contributed by atoms with Gasteiger partial charge in [-0.05, 0) is 64.6 Å². The summed E-state index contributed by atoms with van der Waals surface area (Å²) in [5.74, 6) is 0.785.